The van der Waals surface area contributed by atoms with Crippen molar-refractivity contribution in [3.8, 4) is 11.4 Å². The molecule has 4 aromatic rings. The standard InChI is InChI=1S/C18H11Cl2N5O/c19-12-7-11(8-13(20)9-12)17-24-16(14-3-1-2-6-25(14)17)18(26)23-15-4-5-21-10-22-15/h1-10H,(H,21,22,23,26)/p+1. The molecular weight excluding hydrogens is 373 g/mol. The maximum atomic E-state index is 12.7. The molecule has 0 bridgehead atoms. The number of anilines is 1. The Morgan fingerprint density at radius 1 is 1.12 bits per heavy atom. The minimum atomic E-state index is -0.313. The van der Waals surface area contributed by atoms with Crippen LogP contribution in [0.1, 0.15) is 10.5 Å². The van der Waals surface area contributed by atoms with Crippen LogP contribution in [-0.4, -0.2) is 20.9 Å². The number of halogens is 2. The third-order valence-corrected chi connectivity index (χ3v) is 4.22. The number of fused-ring (bicyclic) bond motifs is 1. The molecule has 0 unspecified atom stereocenters. The molecule has 3 heterocycles. The first-order valence-electron chi connectivity index (χ1n) is 7.68. The Bertz CT molecular complexity index is 1090. The van der Waals surface area contributed by atoms with Crippen LogP contribution < -0.4 is 9.72 Å². The van der Waals surface area contributed by atoms with E-state index in [-0.39, 0.29) is 5.91 Å². The second-order valence-electron chi connectivity index (χ2n) is 5.51. The Morgan fingerprint density at radius 2 is 1.92 bits per heavy atom. The van der Waals surface area contributed by atoms with E-state index < -0.39 is 0 Å². The summed E-state index contributed by atoms with van der Waals surface area (Å²) in [5.41, 5.74) is 1.88. The quantitative estimate of drug-likeness (QED) is 0.528. The summed E-state index contributed by atoms with van der Waals surface area (Å²) in [6.45, 7) is 0. The molecule has 128 valence electrons. The zero-order valence-electron chi connectivity index (χ0n) is 13.3. The molecule has 3 aromatic heterocycles. The monoisotopic (exact) mass is 384 g/mol. The van der Waals surface area contributed by atoms with E-state index in [4.69, 9.17) is 23.2 Å². The van der Waals surface area contributed by atoms with E-state index in [0.717, 1.165) is 5.56 Å². The average Bonchev–Trinajstić information content (AvgIpc) is 3.02. The highest BCUT2D eigenvalue weighted by Crippen LogP contribution is 2.26. The van der Waals surface area contributed by atoms with Gasteiger partial charge in [0.15, 0.2) is 5.52 Å². The summed E-state index contributed by atoms with van der Waals surface area (Å²) >= 11 is 12.3. The zero-order valence-corrected chi connectivity index (χ0v) is 14.8. The highest BCUT2D eigenvalue weighted by atomic mass is 35.5. The van der Waals surface area contributed by atoms with Gasteiger partial charge in [0.1, 0.15) is 12.1 Å². The van der Waals surface area contributed by atoms with Gasteiger partial charge in [-0.25, -0.2) is 15.0 Å². The van der Waals surface area contributed by atoms with Gasteiger partial charge in [0.05, 0.1) is 11.8 Å². The number of rotatable bonds is 3. The summed E-state index contributed by atoms with van der Waals surface area (Å²) in [7, 11) is 0. The number of H-pyrrole nitrogens is 1. The highest BCUT2D eigenvalue weighted by Gasteiger charge is 2.25. The second-order valence-corrected chi connectivity index (χ2v) is 6.38. The fourth-order valence-corrected chi connectivity index (χ4v) is 3.23. The topological polar surface area (TPSA) is 74.8 Å². The van der Waals surface area contributed by atoms with Gasteiger partial charge in [-0.05, 0) is 36.4 Å². The highest BCUT2D eigenvalue weighted by molar-refractivity contribution is 6.35. The summed E-state index contributed by atoms with van der Waals surface area (Å²) in [4.78, 5) is 23.8. The van der Waals surface area contributed by atoms with Crippen LogP contribution in [0.3, 0.4) is 0 Å². The molecular formula is C18H12Cl2N5O+. The van der Waals surface area contributed by atoms with Crippen molar-refractivity contribution in [3.63, 3.8) is 0 Å². The third kappa shape index (κ3) is 3.12. The van der Waals surface area contributed by atoms with Crippen LogP contribution in [0.5, 0.6) is 0 Å². The molecule has 1 aromatic carbocycles. The Hall–Kier alpha value is -2.96. The predicted molar refractivity (Wildman–Crippen MR) is 99.4 cm³/mol. The Kier molecular flexibility index (Phi) is 4.28. The average molecular weight is 385 g/mol. The van der Waals surface area contributed by atoms with Crippen LogP contribution in [0.4, 0.5) is 5.82 Å². The maximum absolute atomic E-state index is 12.7. The van der Waals surface area contributed by atoms with Gasteiger partial charge >= 0.3 is 5.91 Å². The number of nitrogens with zero attached hydrogens (tertiary/aromatic N) is 3. The zero-order chi connectivity index (χ0) is 18.1. The lowest BCUT2D eigenvalue weighted by molar-refractivity contribution is -0.498. The van der Waals surface area contributed by atoms with Crippen LogP contribution >= 0.6 is 23.2 Å². The first-order chi connectivity index (χ1) is 12.6. The summed E-state index contributed by atoms with van der Waals surface area (Å²) in [5, 5.41) is 3.78. The minimum Gasteiger partial charge on any atom is -0.303 e. The predicted octanol–water partition coefficient (Wildman–Crippen LogP) is 3.77. The van der Waals surface area contributed by atoms with Crippen molar-refractivity contribution in [1.29, 1.82) is 0 Å². The van der Waals surface area contributed by atoms with Crippen LogP contribution in [0, 0.1) is 0 Å². The van der Waals surface area contributed by atoms with Crippen molar-refractivity contribution in [3.05, 3.63) is 76.9 Å². The molecule has 8 heteroatoms. The lowest BCUT2D eigenvalue weighted by Gasteiger charge is -1.99. The molecule has 6 nitrogen and oxygen atoms in total. The van der Waals surface area contributed by atoms with Crippen molar-refractivity contribution in [1.82, 2.24) is 15.0 Å². The van der Waals surface area contributed by atoms with E-state index >= 15 is 0 Å². The van der Waals surface area contributed by atoms with E-state index in [0.29, 0.717) is 32.9 Å². The van der Waals surface area contributed by atoms with Gasteiger partial charge in [0.25, 0.3) is 5.82 Å². The van der Waals surface area contributed by atoms with Gasteiger partial charge in [-0.15, -0.1) is 0 Å². The summed E-state index contributed by atoms with van der Waals surface area (Å²) in [5.74, 6) is 0.797. The molecule has 0 aliphatic heterocycles. The molecule has 0 saturated carbocycles. The van der Waals surface area contributed by atoms with Crippen LogP contribution in [0.15, 0.2) is 61.2 Å². The van der Waals surface area contributed by atoms with Crippen LogP contribution in [0.25, 0.3) is 16.9 Å². The third-order valence-electron chi connectivity index (χ3n) is 3.79. The van der Waals surface area contributed by atoms with Gasteiger partial charge in [0, 0.05) is 16.2 Å². The maximum Gasteiger partial charge on any atom is 0.301 e. The molecule has 0 saturated heterocycles. The number of aromatic nitrogens is 4. The van der Waals surface area contributed by atoms with Gasteiger partial charge in [-0.3, -0.25) is 4.79 Å². The number of carbonyl (C=O) groups is 1. The number of carbonyl (C=O) groups excluding carboxylic acids is 1. The first-order valence-corrected chi connectivity index (χ1v) is 8.43. The molecule has 0 atom stereocenters. The molecule has 0 aliphatic carbocycles. The first kappa shape index (κ1) is 16.5. The molecule has 2 N–H and O–H groups in total. The van der Waals surface area contributed by atoms with Crippen molar-refractivity contribution < 1.29 is 9.20 Å². The molecule has 4 rings (SSSR count). The number of imidazole rings is 1. The van der Waals surface area contributed by atoms with E-state index in [2.05, 4.69) is 20.3 Å². The summed E-state index contributed by atoms with van der Waals surface area (Å²) in [6, 6.07) is 12.4. The molecule has 0 spiro atoms. The molecule has 0 aliphatic rings. The summed E-state index contributed by atoms with van der Waals surface area (Å²) in [6.07, 6.45) is 4.79. The fourth-order valence-electron chi connectivity index (χ4n) is 2.70. The summed E-state index contributed by atoms with van der Waals surface area (Å²) < 4.78 is 1.87. The SMILES string of the molecule is O=C(Nc1ccncn1)c1[nH]c(-c2cc(Cl)cc(Cl)c2)[n+]2ccccc12. The lowest BCUT2D eigenvalue weighted by Crippen LogP contribution is -2.22. The fraction of sp³-hybridized carbons (Fsp3) is 0. The van der Waals surface area contributed by atoms with E-state index in [1.807, 2.05) is 28.8 Å². The van der Waals surface area contributed by atoms with Crippen molar-refractivity contribution in [2.45, 2.75) is 0 Å². The van der Waals surface area contributed by atoms with Gasteiger partial charge in [-0.1, -0.05) is 29.3 Å². The molecule has 1 amide bonds. The van der Waals surface area contributed by atoms with Gasteiger partial charge < -0.3 is 5.32 Å². The van der Waals surface area contributed by atoms with Crippen molar-refractivity contribution in [2.24, 2.45) is 0 Å². The Balaban J connectivity index is 1.83. The van der Waals surface area contributed by atoms with Crippen molar-refractivity contribution in [2.75, 3.05) is 5.32 Å². The number of amides is 1. The second kappa shape index (κ2) is 6.74. The Morgan fingerprint density at radius 3 is 2.65 bits per heavy atom. The van der Waals surface area contributed by atoms with Crippen LogP contribution in [0.2, 0.25) is 10.0 Å². The molecule has 26 heavy (non-hydrogen) atoms. The number of hydrogen-bond donors (Lipinski definition) is 2. The number of hydrogen-bond acceptors (Lipinski definition) is 3. The van der Waals surface area contributed by atoms with Gasteiger partial charge in [0.2, 0.25) is 5.69 Å². The normalized spacial score (nSPS) is 10.8. The minimum absolute atomic E-state index is 0.313. The van der Waals surface area contributed by atoms with E-state index in [1.165, 1.54) is 6.33 Å². The van der Waals surface area contributed by atoms with Crippen LogP contribution in [-0.2, 0) is 0 Å². The Labute approximate surface area is 158 Å². The molecule has 0 radical (unpaired) electrons. The largest absolute Gasteiger partial charge is 0.303 e. The van der Waals surface area contributed by atoms with E-state index in [1.54, 1.807) is 30.5 Å². The number of aromatic amines is 1. The van der Waals surface area contributed by atoms with E-state index in [9.17, 15) is 4.79 Å². The number of pyridine rings is 1. The van der Waals surface area contributed by atoms with Crippen molar-refractivity contribution >= 4 is 40.4 Å². The number of benzene rings is 1. The molecule has 0 fully saturated rings. The smallest absolute Gasteiger partial charge is 0.301 e. The lowest BCUT2D eigenvalue weighted by atomic mass is 10.2. The van der Waals surface area contributed by atoms with Gasteiger partial charge in [-0.2, -0.15) is 4.40 Å². The number of nitrogens with one attached hydrogen (secondary N) is 2.